The molecule has 0 N–H and O–H groups in total. The van der Waals surface area contributed by atoms with Crippen molar-refractivity contribution < 1.29 is 17.6 Å². The van der Waals surface area contributed by atoms with Crippen LogP contribution in [0.3, 0.4) is 0 Å². The number of hydrogen-bond acceptors (Lipinski definition) is 6. The molecular weight excluding hydrogens is 349 g/mol. The van der Waals surface area contributed by atoms with Gasteiger partial charge in [-0.2, -0.15) is 18.3 Å². The monoisotopic (exact) mass is 360 g/mol. The van der Waals surface area contributed by atoms with Gasteiger partial charge in [-0.05, 0) is 23.8 Å². The number of aryl methyl sites for hydroxylation is 1. The number of halogens is 3. The Hall–Kier alpha value is -3.30. The van der Waals surface area contributed by atoms with E-state index in [1.165, 1.54) is 12.3 Å². The van der Waals surface area contributed by atoms with E-state index in [0.29, 0.717) is 33.9 Å². The van der Waals surface area contributed by atoms with Gasteiger partial charge in [0.15, 0.2) is 0 Å². The van der Waals surface area contributed by atoms with E-state index < -0.39 is 11.9 Å². The van der Waals surface area contributed by atoms with Gasteiger partial charge >= 0.3 is 6.18 Å². The summed E-state index contributed by atoms with van der Waals surface area (Å²) in [6.07, 6.45) is -0.317. The maximum Gasteiger partial charge on any atom is 0.433 e. The zero-order valence-electron chi connectivity index (χ0n) is 13.4. The van der Waals surface area contributed by atoms with Gasteiger partial charge < -0.3 is 4.42 Å². The molecule has 0 saturated heterocycles. The van der Waals surface area contributed by atoms with Gasteiger partial charge in [-0.1, -0.05) is 0 Å². The van der Waals surface area contributed by atoms with Crippen LogP contribution in [0.15, 0.2) is 41.2 Å². The molecule has 0 aliphatic heterocycles. The molecule has 26 heavy (non-hydrogen) atoms. The molecule has 132 valence electrons. The van der Waals surface area contributed by atoms with Crippen LogP contribution in [-0.4, -0.2) is 29.9 Å². The topological polar surface area (TPSA) is 82.5 Å². The maximum atomic E-state index is 12.9. The highest BCUT2D eigenvalue weighted by atomic mass is 19.4. The van der Waals surface area contributed by atoms with Gasteiger partial charge in [0.2, 0.25) is 11.8 Å². The lowest BCUT2D eigenvalue weighted by molar-refractivity contribution is -0.141. The van der Waals surface area contributed by atoms with E-state index in [4.69, 9.17) is 4.42 Å². The minimum atomic E-state index is -4.51. The summed E-state index contributed by atoms with van der Waals surface area (Å²) in [5.41, 5.74) is 1.18. The maximum absolute atomic E-state index is 12.9. The zero-order chi connectivity index (χ0) is 18.3. The summed E-state index contributed by atoms with van der Waals surface area (Å²) in [6, 6.07) is 4.21. The second-order valence-electron chi connectivity index (χ2n) is 5.57. The molecule has 7 nitrogen and oxygen atoms in total. The Morgan fingerprint density at radius 1 is 1.08 bits per heavy atom. The van der Waals surface area contributed by atoms with Crippen LogP contribution in [0.25, 0.3) is 22.2 Å². The average molecular weight is 360 g/mol. The van der Waals surface area contributed by atoms with Crippen molar-refractivity contribution in [2.75, 3.05) is 0 Å². The number of rotatable bonds is 3. The lowest BCUT2D eigenvalue weighted by atomic mass is 10.1. The summed E-state index contributed by atoms with van der Waals surface area (Å²) >= 11 is 0. The Labute approximate surface area is 144 Å². The Morgan fingerprint density at radius 3 is 2.65 bits per heavy atom. The SMILES string of the molecule is Cc1nnc(Cn2ncc3ncc(-c4ccnc(C(F)(F)F)c4)cc32)o1. The molecule has 4 aromatic heterocycles. The van der Waals surface area contributed by atoms with Crippen molar-refractivity contribution in [2.45, 2.75) is 19.6 Å². The first-order chi connectivity index (χ1) is 12.4. The second-order valence-corrected chi connectivity index (χ2v) is 5.57. The van der Waals surface area contributed by atoms with E-state index in [1.54, 1.807) is 23.9 Å². The smallest absolute Gasteiger partial charge is 0.424 e. The van der Waals surface area contributed by atoms with Crippen LogP contribution in [0.4, 0.5) is 13.2 Å². The van der Waals surface area contributed by atoms with Crippen LogP contribution in [0.2, 0.25) is 0 Å². The van der Waals surface area contributed by atoms with E-state index in [9.17, 15) is 13.2 Å². The van der Waals surface area contributed by atoms with Crippen LogP contribution in [0, 0.1) is 6.92 Å². The van der Waals surface area contributed by atoms with Crippen molar-refractivity contribution in [2.24, 2.45) is 0 Å². The van der Waals surface area contributed by atoms with E-state index in [1.807, 2.05) is 0 Å². The van der Waals surface area contributed by atoms with Gasteiger partial charge in [-0.15, -0.1) is 10.2 Å². The van der Waals surface area contributed by atoms with Crippen molar-refractivity contribution in [3.63, 3.8) is 0 Å². The standard InChI is InChI=1S/C16H11F3N6O/c1-9-23-24-15(26-9)8-25-13-4-11(6-21-12(13)7-22-25)10-2-3-20-14(5-10)16(17,18)19/h2-7H,8H2,1H3. The van der Waals surface area contributed by atoms with Crippen molar-refractivity contribution in [1.82, 2.24) is 29.9 Å². The average Bonchev–Trinajstić information content (AvgIpc) is 3.20. The summed E-state index contributed by atoms with van der Waals surface area (Å²) in [5, 5.41) is 11.9. The van der Waals surface area contributed by atoms with Crippen molar-refractivity contribution in [3.05, 3.63) is 54.3 Å². The van der Waals surface area contributed by atoms with E-state index >= 15 is 0 Å². The Morgan fingerprint density at radius 2 is 1.92 bits per heavy atom. The molecule has 4 rings (SSSR count). The molecule has 0 fully saturated rings. The number of nitrogens with zero attached hydrogens (tertiary/aromatic N) is 6. The molecule has 0 aliphatic carbocycles. The molecule has 0 saturated carbocycles. The van der Waals surface area contributed by atoms with Crippen molar-refractivity contribution >= 4 is 11.0 Å². The minimum absolute atomic E-state index is 0.236. The molecule has 0 aromatic carbocycles. The molecule has 0 spiro atoms. The highest BCUT2D eigenvalue weighted by molar-refractivity contribution is 5.80. The fourth-order valence-electron chi connectivity index (χ4n) is 2.54. The number of aromatic nitrogens is 6. The third kappa shape index (κ3) is 3.01. The first-order valence-electron chi connectivity index (χ1n) is 7.54. The largest absolute Gasteiger partial charge is 0.433 e. The normalized spacial score (nSPS) is 12.0. The number of pyridine rings is 2. The molecule has 0 amide bonds. The van der Waals surface area contributed by atoms with Gasteiger partial charge in [-0.25, -0.2) is 0 Å². The molecule has 0 atom stereocenters. The van der Waals surface area contributed by atoms with Crippen LogP contribution in [0.5, 0.6) is 0 Å². The highest BCUT2D eigenvalue weighted by Crippen LogP contribution is 2.31. The molecule has 0 unspecified atom stereocenters. The van der Waals surface area contributed by atoms with Gasteiger partial charge in [0.25, 0.3) is 0 Å². The lowest BCUT2D eigenvalue weighted by Gasteiger charge is -2.08. The molecule has 4 heterocycles. The van der Waals surface area contributed by atoms with Crippen LogP contribution in [-0.2, 0) is 12.7 Å². The van der Waals surface area contributed by atoms with Crippen molar-refractivity contribution in [3.8, 4) is 11.1 Å². The summed E-state index contributed by atoms with van der Waals surface area (Å²) < 4.78 is 45.6. The fourth-order valence-corrected chi connectivity index (χ4v) is 2.54. The molecule has 0 aliphatic rings. The van der Waals surface area contributed by atoms with Gasteiger partial charge in [0.1, 0.15) is 17.8 Å². The van der Waals surface area contributed by atoms with E-state index in [0.717, 1.165) is 12.3 Å². The predicted molar refractivity (Wildman–Crippen MR) is 83.9 cm³/mol. The number of hydrogen-bond donors (Lipinski definition) is 0. The van der Waals surface area contributed by atoms with Crippen LogP contribution < -0.4 is 0 Å². The number of alkyl halides is 3. The van der Waals surface area contributed by atoms with Gasteiger partial charge in [0, 0.05) is 24.9 Å². The molecule has 0 radical (unpaired) electrons. The summed E-state index contributed by atoms with van der Waals surface area (Å²) in [7, 11) is 0. The molecule has 4 aromatic rings. The van der Waals surface area contributed by atoms with E-state index in [2.05, 4.69) is 25.3 Å². The highest BCUT2D eigenvalue weighted by Gasteiger charge is 2.32. The summed E-state index contributed by atoms with van der Waals surface area (Å²) in [5.74, 6) is 0.813. The Balaban J connectivity index is 1.74. The third-order valence-corrected chi connectivity index (χ3v) is 3.73. The molecule has 10 heteroatoms. The Bertz CT molecular complexity index is 1080. The number of fused-ring (bicyclic) bond motifs is 1. The van der Waals surface area contributed by atoms with Gasteiger partial charge in [-0.3, -0.25) is 14.6 Å². The van der Waals surface area contributed by atoms with Crippen LogP contribution >= 0.6 is 0 Å². The fraction of sp³-hybridized carbons (Fsp3) is 0.188. The quantitative estimate of drug-likeness (QED) is 0.558. The van der Waals surface area contributed by atoms with Crippen LogP contribution in [0.1, 0.15) is 17.5 Å². The first-order valence-corrected chi connectivity index (χ1v) is 7.54. The minimum Gasteiger partial charge on any atom is -0.424 e. The van der Waals surface area contributed by atoms with Crippen molar-refractivity contribution in [1.29, 1.82) is 0 Å². The lowest BCUT2D eigenvalue weighted by Crippen LogP contribution is -2.07. The molecule has 0 bridgehead atoms. The first kappa shape index (κ1) is 16.2. The zero-order valence-corrected chi connectivity index (χ0v) is 13.4. The summed E-state index contributed by atoms with van der Waals surface area (Å²) in [6.45, 7) is 1.92. The van der Waals surface area contributed by atoms with E-state index in [-0.39, 0.29) is 6.54 Å². The predicted octanol–water partition coefficient (Wildman–Crippen LogP) is 3.25. The summed E-state index contributed by atoms with van der Waals surface area (Å²) in [4.78, 5) is 7.64. The third-order valence-electron chi connectivity index (χ3n) is 3.73. The van der Waals surface area contributed by atoms with Gasteiger partial charge in [0.05, 0.1) is 11.7 Å². The molecular formula is C16H11F3N6O. The second kappa shape index (κ2) is 5.90. The Kier molecular flexibility index (Phi) is 3.67.